The Morgan fingerprint density at radius 3 is 2.75 bits per heavy atom. The predicted molar refractivity (Wildman–Crippen MR) is 81.3 cm³/mol. The van der Waals surface area contributed by atoms with Gasteiger partial charge in [0.1, 0.15) is 4.90 Å². The second-order valence-electron chi connectivity index (χ2n) is 5.25. The van der Waals surface area contributed by atoms with Crippen molar-refractivity contribution in [1.82, 2.24) is 5.32 Å². The van der Waals surface area contributed by atoms with Crippen LogP contribution < -0.4 is 15.4 Å². The maximum Gasteiger partial charge on any atom is 0.240 e. The van der Waals surface area contributed by atoms with Crippen LogP contribution in [0.1, 0.15) is 26.2 Å². The van der Waals surface area contributed by atoms with E-state index in [1.165, 1.54) is 6.42 Å². The molecule has 0 amide bonds. The van der Waals surface area contributed by atoms with Crippen LogP contribution in [0.5, 0.6) is 0 Å². The van der Waals surface area contributed by atoms with Crippen LogP contribution in [0.25, 0.3) is 0 Å². The molecule has 1 unspecified atom stereocenters. The zero-order valence-corrected chi connectivity index (χ0v) is 12.7. The number of anilines is 1. The number of sulfonamides is 1. The van der Waals surface area contributed by atoms with Gasteiger partial charge in [0.25, 0.3) is 0 Å². The van der Waals surface area contributed by atoms with E-state index in [0.29, 0.717) is 11.7 Å². The highest BCUT2D eigenvalue weighted by Gasteiger charge is 2.22. The topological polar surface area (TPSA) is 75.4 Å². The first-order chi connectivity index (χ1) is 9.52. The Kier molecular flexibility index (Phi) is 5.01. The summed E-state index contributed by atoms with van der Waals surface area (Å²) >= 11 is 0. The van der Waals surface area contributed by atoms with Crippen molar-refractivity contribution in [1.29, 1.82) is 0 Å². The van der Waals surface area contributed by atoms with Gasteiger partial charge >= 0.3 is 0 Å². The van der Waals surface area contributed by atoms with Gasteiger partial charge in [-0.2, -0.15) is 0 Å². The van der Waals surface area contributed by atoms with Gasteiger partial charge in [-0.25, -0.2) is 13.6 Å². The van der Waals surface area contributed by atoms with Crippen molar-refractivity contribution >= 4 is 15.7 Å². The summed E-state index contributed by atoms with van der Waals surface area (Å²) in [5.41, 5.74) is 0.713. The molecule has 2 rings (SSSR count). The molecule has 0 saturated carbocycles. The van der Waals surface area contributed by atoms with E-state index in [0.717, 1.165) is 32.5 Å². The molecule has 0 radical (unpaired) electrons. The van der Waals surface area contributed by atoms with E-state index in [9.17, 15) is 8.42 Å². The van der Waals surface area contributed by atoms with E-state index in [4.69, 9.17) is 5.14 Å². The van der Waals surface area contributed by atoms with E-state index in [1.54, 1.807) is 12.1 Å². The van der Waals surface area contributed by atoms with E-state index in [-0.39, 0.29) is 4.90 Å². The van der Waals surface area contributed by atoms with Crippen molar-refractivity contribution < 1.29 is 8.42 Å². The fourth-order valence-corrected chi connectivity index (χ4v) is 3.47. The first-order valence-corrected chi connectivity index (χ1v) is 8.67. The number of nitrogens with two attached hydrogens (primary N) is 1. The Labute approximate surface area is 121 Å². The molecule has 1 atom stereocenters. The lowest BCUT2D eigenvalue weighted by atomic mass is 10.2. The zero-order chi connectivity index (χ0) is 14.6. The summed E-state index contributed by atoms with van der Waals surface area (Å²) in [6, 6.07) is 7.41. The Hall–Kier alpha value is -1.11. The lowest BCUT2D eigenvalue weighted by Crippen LogP contribution is -2.38. The SMILES string of the molecule is CCCN(CC1CCCN1)c1ccccc1S(N)(=O)=O. The van der Waals surface area contributed by atoms with Gasteiger partial charge in [0.2, 0.25) is 10.0 Å². The summed E-state index contributed by atoms with van der Waals surface area (Å²) < 4.78 is 23.5. The van der Waals surface area contributed by atoms with Crippen LogP contribution in [0.2, 0.25) is 0 Å². The molecule has 6 heteroatoms. The van der Waals surface area contributed by atoms with Crippen LogP contribution >= 0.6 is 0 Å². The molecule has 1 heterocycles. The molecule has 0 bridgehead atoms. The highest BCUT2D eigenvalue weighted by atomic mass is 32.2. The first kappa shape index (κ1) is 15.3. The fourth-order valence-electron chi connectivity index (χ4n) is 2.72. The average Bonchev–Trinajstić information content (AvgIpc) is 2.90. The Balaban J connectivity index is 2.28. The summed E-state index contributed by atoms with van der Waals surface area (Å²) in [6.07, 6.45) is 3.28. The Morgan fingerprint density at radius 1 is 1.40 bits per heavy atom. The number of nitrogens with one attached hydrogen (secondary N) is 1. The molecule has 112 valence electrons. The number of benzene rings is 1. The van der Waals surface area contributed by atoms with Gasteiger partial charge in [-0.05, 0) is 37.9 Å². The number of nitrogens with zero attached hydrogens (tertiary/aromatic N) is 1. The molecule has 1 fully saturated rings. The van der Waals surface area contributed by atoms with E-state index in [2.05, 4.69) is 17.1 Å². The summed E-state index contributed by atoms with van der Waals surface area (Å²) in [4.78, 5) is 2.34. The minimum atomic E-state index is -3.69. The molecule has 20 heavy (non-hydrogen) atoms. The second kappa shape index (κ2) is 6.56. The van der Waals surface area contributed by atoms with Gasteiger partial charge < -0.3 is 10.2 Å². The molecule has 1 aliphatic rings. The maximum absolute atomic E-state index is 11.7. The van der Waals surface area contributed by atoms with E-state index in [1.807, 2.05) is 12.1 Å². The molecule has 1 saturated heterocycles. The van der Waals surface area contributed by atoms with Crippen LogP contribution in [-0.4, -0.2) is 34.1 Å². The zero-order valence-electron chi connectivity index (χ0n) is 11.9. The Morgan fingerprint density at radius 2 is 2.15 bits per heavy atom. The molecule has 1 aliphatic heterocycles. The number of hydrogen-bond donors (Lipinski definition) is 2. The minimum Gasteiger partial charge on any atom is -0.369 e. The van der Waals surface area contributed by atoms with Crippen LogP contribution in [0.4, 0.5) is 5.69 Å². The molecule has 3 N–H and O–H groups in total. The smallest absolute Gasteiger partial charge is 0.240 e. The standard InChI is InChI=1S/C14H23N3O2S/c1-2-10-17(11-12-6-5-9-16-12)13-7-3-4-8-14(13)20(15,18)19/h3-4,7-8,12,16H,2,5-6,9-11H2,1H3,(H2,15,18,19). The molecular formula is C14H23N3O2S. The van der Waals surface area contributed by atoms with Crippen LogP contribution in [0.3, 0.4) is 0 Å². The predicted octanol–water partition coefficient (Wildman–Crippen LogP) is 1.30. The summed E-state index contributed by atoms with van der Waals surface area (Å²) in [7, 11) is -3.69. The number of rotatable bonds is 6. The van der Waals surface area contributed by atoms with Gasteiger partial charge in [-0.1, -0.05) is 19.1 Å². The number of para-hydroxylation sites is 1. The summed E-state index contributed by atoms with van der Waals surface area (Å²) in [5, 5.41) is 8.78. The van der Waals surface area contributed by atoms with Crippen molar-refractivity contribution in [2.45, 2.75) is 37.1 Å². The normalized spacial score (nSPS) is 19.2. The van der Waals surface area contributed by atoms with Gasteiger partial charge in [-0.15, -0.1) is 0 Å². The highest BCUT2D eigenvalue weighted by molar-refractivity contribution is 7.89. The van der Waals surface area contributed by atoms with Gasteiger partial charge in [0.05, 0.1) is 5.69 Å². The third-order valence-corrected chi connectivity index (χ3v) is 4.57. The van der Waals surface area contributed by atoms with Crippen molar-refractivity contribution in [3.05, 3.63) is 24.3 Å². The van der Waals surface area contributed by atoms with Crippen LogP contribution in [0, 0.1) is 0 Å². The second-order valence-corrected chi connectivity index (χ2v) is 6.78. The lowest BCUT2D eigenvalue weighted by Gasteiger charge is -2.29. The minimum absolute atomic E-state index is 0.214. The third kappa shape index (κ3) is 3.71. The number of hydrogen-bond acceptors (Lipinski definition) is 4. The van der Waals surface area contributed by atoms with Crippen LogP contribution in [-0.2, 0) is 10.0 Å². The van der Waals surface area contributed by atoms with Crippen molar-refractivity contribution in [3.63, 3.8) is 0 Å². The van der Waals surface area contributed by atoms with Gasteiger partial charge in [0.15, 0.2) is 0 Å². The molecule has 0 spiro atoms. The lowest BCUT2D eigenvalue weighted by molar-refractivity contribution is 0.573. The van der Waals surface area contributed by atoms with Crippen molar-refractivity contribution in [2.75, 3.05) is 24.5 Å². The highest BCUT2D eigenvalue weighted by Crippen LogP contribution is 2.25. The van der Waals surface area contributed by atoms with E-state index < -0.39 is 10.0 Å². The number of primary sulfonamides is 1. The summed E-state index contributed by atoms with van der Waals surface area (Å²) in [6.45, 7) is 4.78. The van der Waals surface area contributed by atoms with Crippen LogP contribution in [0.15, 0.2) is 29.2 Å². The maximum atomic E-state index is 11.7. The molecule has 0 aliphatic carbocycles. The van der Waals surface area contributed by atoms with Crippen molar-refractivity contribution in [3.8, 4) is 0 Å². The van der Waals surface area contributed by atoms with Crippen molar-refractivity contribution in [2.24, 2.45) is 5.14 Å². The largest absolute Gasteiger partial charge is 0.369 e. The first-order valence-electron chi connectivity index (χ1n) is 7.12. The summed E-state index contributed by atoms with van der Waals surface area (Å²) in [5.74, 6) is 0. The average molecular weight is 297 g/mol. The molecule has 5 nitrogen and oxygen atoms in total. The molecule has 1 aromatic carbocycles. The quantitative estimate of drug-likeness (QED) is 0.830. The third-order valence-electron chi connectivity index (χ3n) is 3.61. The van der Waals surface area contributed by atoms with Gasteiger partial charge in [0, 0.05) is 19.1 Å². The fraction of sp³-hybridized carbons (Fsp3) is 0.571. The van der Waals surface area contributed by atoms with Gasteiger partial charge in [-0.3, -0.25) is 0 Å². The molecule has 0 aromatic heterocycles. The monoisotopic (exact) mass is 297 g/mol. The Bertz CT molecular complexity index is 539. The molecular weight excluding hydrogens is 274 g/mol. The molecule has 1 aromatic rings. The van der Waals surface area contributed by atoms with E-state index >= 15 is 0 Å².